The Morgan fingerprint density at radius 3 is 2.87 bits per heavy atom. The van der Waals surface area contributed by atoms with Gasteiger partial charge in [-0.25, -0.2) is 4.39 Å². The molecule has 1 aromatic carbocycles. The third-order valence-corrected chi connectivity index (χ3v) is 5.96. The molecular weight excluding hydrogens is 377 g/mol. The average Bonchev–Trinajstić information content (AvgIpc) is 3.12. The highest BCUT2D eigenvalue weighted by atomic mass is 19.1. The fourth-order valence-corrected chi connectivity index (χ4v) is 4.06. The third-order valence-electron chi connectivity index (χ3n) is 5.96. The summed E-state index contributed by atoms with van der Waals surface area (Å²) in [7, 11) is 1.93. The number of allylic oxidation sites excluding steroid dienone is 4. The second-order valence-electron chi connectivity index (χ2n) is 7.92. The summed E-state index contributed by atoms with van der Waals surface area (Å²) in [6.45, 7) is 6.66. The Morgan fingerprint density at radius 1 is 1.30 bits per heavy atom. The highest BCUT2D eigenvalue weighted by molar-refractivity contribution is 5.71. The van der Waals surface area contributed by atoms with Crippen LogP contribution in [0.3, 0.4) is 0 Å². The fourth-order valence-electron chi connectivity index (χ4n) is 4.06. The molecule has 156 valence electrons. The van der Waals surface area contributed by atoms with Crippen molar-refractivity contribution in [1.29, 1.82) is 0 Å². The molecule has 2 aromatic rings. The predicted octanol–water partition coefficient (Wildman–Crippen LogP) is 5.71. The first-order chi connectivity index (χ1) is 14.5. The lowest BCUT2D eigenvalue weighted by Crippen LogP contribution is -2.20. The van der Waals surface area contributed by atoms with E-state index in [1.807, 2.05) is 49.3 Å². The molecule has 0 radical (unpaired) electrons. The zero-order chi connectivity index (χ0) is 21.3. The predicted molar refractivity (Wildman–Crippen MR) is 117 cm³/mol. The van der Waals surface area contributed by atoms with E-state index in [4.69, 9.17) is 4.74 Å². The molecule has 5 heteroatoms. The SMILES string of the molecule is CCc1cccc(F)c1COC1=CC=CN2C1=CCC(C)C(C)=C2c1cnn(C)c1. The molecule has 0 saturated heterocycles. The summed E-state index contributed by atoms with van der Waals surface area (Å²) in [4.78, 5) is 2.17. The first-order valence-electron chi connectivity index (χ1n) is 10.5. The normalized spacial score (nSPS) is 18.7. The van der Waals surface area contributed by atoms with E-state index in [9.17, 15) is 4.39 Å². The lowest BCUT2D eigenvalue weighted by atomic mass is 9.96. The van der Waals surface area contributed by atoms with Gasteiger partial charge in [-0.15, -0.1) is 0 Å². The highest BCUT2D eigenvalue weighted by Gasteiger charge is 2.27. The van der Waals surface area contributed by atoms with Crippen molar-refractivity contribution in [2.45, 2.75) is 40.2 Å². The largest absolute Gasteiger partial charge is 0.487 e. The van der Waals surface area contributed by atoms with Gasteiger partial charge in [0.2, 0.25) is 0 Å². The van der Waals surface area contributed by atoms with Gasteiger partial charge in [-0.2, -0.15) is 5.10 Å². The van der Waals surface area contributed by atoms with Crippen LogP contribution in [0.5, 0.6) is 0 Å². The molecule has 4 nitrogen and oxygen atoms in total. The minimum atomic E-state index is -0.214. The molecule has 4 rings (SSSR count). The molecule has 2 aliphatic rings. The molecule has 3 heterocycles. The molecule has 0 fully saturated rings. The lowest BCUT2D eigenvalue weighted by Gasteiger charge is -2.30. The monoisotopic (exact) mass is 405 g/mol. The van der Waals surface area contributed by atoms with Gasteiger partial charge >= 0.3 is 0 Å². The minimum absolute atomic E-state index is 0.209. The Balaban J connectivity index is 1.66. The van der Waals surface area contributed by atoms with Gasteiger partial charge < -0.3 is 9.64 Å². The number of ether oxygens (including phenoxy) is 1. The Morgan fingerprint density at radius 2 is 2.13 bits per heavy atom. The second-order valence-corrected chi connectivity index (χ2v) is 7.92. The van der Waals surface area contributed by atoms with Crippen molar-refractivity contribution < 1.29 is 9.13 Å². The Kier molecular flexibility index (Phi) is 5.62. The minimum Gasteiger partial charge on any atom is -0.487 e. The average molecular weight is 406 g/mol. The number of hydrogen-bond donors (Lipinski definition) is 0. The van der Waals surface area contributed by atoms with Crippen molar-refractivity contribution >= 4 is 5.70 Å². The summed E-state index contributed by atoms with van der Waals surface area (Å²) < 4.78 is 22.4. The summed E-state index contributed by atoms with van der Waals surface area (Å²) in [6.07, 6.45) is 13.8. The number of rotatable bonds is 5. The van der Waals surface area contributed by atoms with Gasteiger partial charge in [0, 0.05) is 30.6 Å². The van der Waals surface area contributed by atoms with Gasteiger partial charge in [0.1, 0.15) is 18.2 Å². The highest BCUT2D eigenvalue weighted by Crippen LogP contribution is 2.39. The fraction of sp³-hybridized carbons (Fsp3) is 0.320. The van der Waals surface area contributed by atoms with Crippen molar-refractivity contribution in [3.05, 3.63) is 94.6 Å². The zero-order valence-electron chi connectivity index (χ0n) is 18.0. The number of halogens is 1. The van der Waals surface area contributed by atoms with E-state index in [0.717, 1.165) is 41.1 Å². The van der Waals surface area contributed by atoms with E-state index < -0.39 is 0 Å². The summed E-state index contributed by atoms with van der Waals surface area (Å²) in [5.74, 6) is 0.936. The van der Waals surface area contributed by atoms with Gasteiger partial charge in [-0.05, 0) is 55.0 Å². The quantitative estimate of drug-likeness (QED) is 0.639. The molecule has 0 N–H and O–H groups in total. The van der Waals surface area contributed by atoms with E-state index >= 15 is 0 Å². The Hall–Kier alpha value is -3.08. The molecule has 0 amide bonds. The van der Waals surface area contributed by atoms with Crippen LogP contribution in [0.1, 0.15) is 43.9 Å². The molecule has 1 atom stereocenters. The standard InChI is InChI=1S/C25H28FN3O/c1-5-19-8-6-9-22(26)21(19)16-30-24-10-7-13-29-23(24)12-11-17(2)18(3)25(29)20-14-27-28(4)15-20/h6-10,12-15,17H,5,11,16H2,1-4H3. The van der Waals surface area contributed by atoms with E-state index in [1.54, 1.807) is 6.07 Å². The van der Waals surface area contributed by atoms with Crippen molar-refractivity contribution in [3.63, 3.8) is 0 Å². The second kappa shape index (κ2) is 8.34. The molecule has 2 aliphatic heterocycles. The van der Waals surface area contributed by atoms with Crippen LogP contribution in [0.25, 0.3) is 5.70 Å². The third kappa shape index (κ3) is 3.72. The van der Waals surface area contributed by atoms with E-state index in [2.05, 4.69) is 36.1 Å². The van der Waals surface area contributed by atoms with E-state index in [0.29, 0.717) is 11.5 Å². The Labute approximate surface area is 177 Å². The topological polar surface area (TPSA) is 30.3 Å². The molecule has 30 heavy (non-hydrogen) atoms. The van der Waals surface area contributed by atoms with Crippen LogP contribution < -0.4 is 0 Å². The van der Waals surface area contributed by atoms with E-state index in [1.165, 1.54) is 11.6 Å². The number of benzene rings is 1. The molecule has 1 aromatic heterocycles. The number of nitrogens with zero attached hydrogens (tertiary/aromatic N) is 3. The summed E-state index contributed by atoms with van der Waals surface area (Å²) in [6, 6.07) is 5.21. The zero-order valence-corrected chi connectivity index (χ0v) is 18.0. The molecule has 0 saturated carbocycles. The van der Waals surface area contributed by atoms with Gasteiger partial charge in [0.05, 0.1) is 17.6 Å². The molecular formula is C25H28FN3O. The van der Waals surface area contributed by atoms with Crippen LogP contribution in [0.4, 0.5) is 4.39 Å². The van der Waals surface area contributed by atoms with Crippen molar-refractivity contribution in [2.24, 2.45) is 13.0 Å². The summed E-state index contributed by atoms with van der Waals surface area (Å²) >= 11 is 0. The number of aromatic nitrogens is 2. The maximum atomic E-state index is 14.4. The smallest absolute Gasteiger partial charge is 0.143 e. The number of aryl methyl sites for hydroxylation is 2. The Bertz CT molecular complexity index is 1070. The maximum absolute atomic E-state index is 14.4. The van der Waals surface area contributed by atoms with Crippen molar-refractivity contribution in [2.75, 3.05) is 0 Å². The molecule has 0 spiro atoms. The van der Waals surface area contributed by atoms with Gasteiger partial charge in [0.15, 0.2) is 0 Å². The van der Waals surface area contributed by atoms with Gasteiger partial charge in [-0.3, -0.25) is 4.68 Å². The first-order valence-corrected chi connectivity index (χ1v) is 10.5. The van der Waals surface area contributed by atoms with Gasteiger partial charge in [-0.1, -0.05) is 32.1 Å². The molecule has 0 aliphatic carbocycles. The number of fused-ring (bicyclic) bond motifs is 1. The van der Waals surface area contributed by atoms with Crippen LogP contribution in [0.2, 0.25) is 0 Å². The number of hydrogen-bond acceptors (Lipinski definition) is 3. The van der Waals surface area contributed by atoms with E-state index in [-0.39, 0.29) is 12.4 Å². The summed E-state index contributed by atoms with van der Waals surface area (Å²) in [5, 5.41) is 4.37. The first kappa shape index (κ1) is 20.2. The summed E-state index contributed by atoms with van der Waals surface area (Å²) in [5.41, 5.74) is 6.11. The van der Waals surface area contributed by atoms with Crippen molar-refractivity contribution in [1.82, 2.24) is 14.7 Å². The van der Waals surface area contributed by atoms with Crippen LogP contribution in [0, 0.1) is 11.7 Å². The van der Waals surface area contributed by atoms with Gasteiger partial charge in [0.25, 0.3) is 0 Å². The molecule has 1 unspecified atom stereocenters. The molecule has 0 bridgehead atoms. The maximum Gasteiger partial charge on any atom is 0.143 e. The van der Waals surface area contributed by atoms with Crippen LogP contribution in [-0.2, 0) is 24.8 Å². The lowest BCUT2D eigenvalue weighted by molar-refractivity contribution is 0.193. The van der Waals surface area contributed by atoms with Crippen molar-refractivity contribution in [3.8, 4) is 0 Å². The van der Waals surface area contributed by atoms with Crippen LogP contribution >= 0.6 is 0 Å². The van der Waals surface area contributed by atoms with Crippen LogP contribution in [-0.4, -0.2) is 14.7 Å². The van der Waals surface area contributed by atoms with Crippen LogP contribution in [0.15, 0.2) is 72.1 Å².